The van der Waals surface area contributed by atoms with Crippen molar-refractivity contribution in [3.63, 3.8) is 0 Å². The maximum Gasteiger partial charge on any atom is 0.381 e. The molecule has 0 spiro atoms. The number of rotatable bonds is 2. The van der Waals surface area contributed by atoms with Crippen LogP contribution in [0.15, 0.2) is 0 Å². The summed E-state index contributed by atoms with van der Waals surface area (Å²) in [6.45, 7) is 1.97. The molecule has 0 amide bonds. The number of carbonyl (C=O) groups is 1. The highest BCUT2D eigenvalue weighted by atomic mass is 16.4. The van der Waals surface area contributed by atoms with Gasteiger partial charge in [0.1, 0.15) is 0 Å². The smallest absolute Gasteiger partial charge is 0.381 e. The summed E-state index contributed by atoms with van der Waals surface area (Å²) in [6, 6.07) is -0.291. The van der Waals surface area contributed by atoms with E-state index in [4.69, 9.17) is 10.8 Å². The van der Waals surface area contributed by atoms with Gasteiger partial charge in [-0.2, -0.15) is 0 Å². The van der Waals surface area contributed by atoms with Crippen molar-refractivity contribution in [3.8, 4) is 11.8 Å². The predicted octanol–water partition coefficient (Wildman–Crippen LogP) is 0.202. The molecule has 0 radical (unpaired) electrons. The van der Waals surface area contributed by atoms with E-state index in [9.17, 15) is 4.79 Å². The van der Waals surface area contributed by atoms with Crippen molar-refractivity contribution in [1.29, 1.82) is 0 Å². The standard InChI is InChI=1S/C7H11NO2/c1-2-3-6(8)4-5-7(9)10/h6H,2-3,8H2,1H3,(H,9,10). The molecule has 0 heterocycles. The molecule has 0 aliphatic carbocycles. The fourth-order valence-electron chi connectivity index (χ4n) is 0.538. The molecule has 0 saturated heterocycles. The van der Waals surface area contributed by atoms with Crippen LogP contribution in [0.4, 0.5) is 0 Å². The van der Waals surface area contributed by atoms with Gasteiger partial charge in [0.15, 0.2) is 0 Å². The van der Waals surface area contributed by atoms with Crippen LogP contribution < -0.4 is 5.73 Å². The Morgan fingerprint density at radius 1 is 1.80 bits per heavy atom. The lowest BCUT2D eigenvalue weighted by atomic mass is 10.2. The van der Waals surface area contributed by atoms with Gasteiger partial charge in [0.05, 0.1) is 6.04 Å². The topological polar surface area (TPSA) is 63.3 Å². The van der Waals surface area contributed by atoms with Crippen molar-refractivity contribution >= 4 is 5.97 Å². The summed E-state index contributed by atoms with van der Waals surface area (Å²) in [7, 11) is 0. The molecule has 1 unspecified atom stereocenters. The molecule has 0 fully saturated rings. The summed E-state index contributed by atoms with van der Waals surface area (Å²) in [5.74, 6) is 3.26. The van der Waals surface area contributed by atoms with Gasteiger partial charge in [0, 0.05) is 5.92 Å². The summed E-state index contributed by atoms with van der Waals surface area (Å²) in [5, 5.41) is 8.10. The minimum Gasteiger partial charge on any atom is -0.472 e. The minimum atomic E-state index is -1.12. The van der Waals surface area contributed by atoms with Crippen molar-refractivity contribution < 1.29 is 9.90 Å². The van der Waals surface area contributed by atoms with E-state index >= 15 is 0 Å². The lowest BCUT2D eigenvalue weighted by molar-refractivity contribution is -0.130. The molecule has 0 aromatic carbocycles. The van der Waals surface area contributed by atoms with Gasteiger partial charge < -0.3 is 10.8 Å². The molecule has 0 saturated carbocycles. The molecule has 3 heteroatoms. The van der Waals surface area contributed by atoms with E-state index in [1.807, 2.05) is 12.8 Å². The van der Waals surface area contributed by atoms with E-state index in [-0.39, 0.29) is 6.04 Å². The van der Waals surface area contributed by atoms with E-state index in [1.54, 1.807) is 0 Å². The van der Waals surface area contributed by atoms with Crippen LogP contribution in [0, 0.1) is 11.8 Å². The van der Waals surface area contributed by atoms with Crippen molar-refractivity contribution in [2.45, 2.75) is 25.8 Å². The molecule has 1 atom stereocenters. The van der Waals surface area contributed by atoms with Gasteiger partial charge in [-0.25, -0.2) is 4.79 Å². The van der Waals surface area contributed by atoms with Gasteiger partial charge in [0.2, 0.25) is 0 Å². The number of aliphatic carboxylic acids is 1. The summed E-state index contributed by atoms with van der Waals surface area (Å²) >= 11 is 0. The average Bonchev–Trinajstić information content (AvgIpc) is 1.85. The van der Waals surface area contributed by atoms with Gasteiger partial charge >= 0.3 is 5.97 Å². The summed E-state index contributed by atoms with van der Waals surface area (Å²) in [5.41, 5.74) is 5.40. The second-order valence-corrected chi connectivity index (χ2v) is 1.97. The Morgan fingerprint density at radius 3 is 2.80 bits per heavy atom. The number of hydrogen-bond acceptors (Lipinski definition) is 2. The Labute approximate surface area is 60.2 Å². The zero-order valence-corrected chi connectivity index (χ0v) is 5.92. The van der Waals surface area contributed by atoms with Crippen LogP contribution in [0.3, 0.4) is 0 Å². The van der Waals surface area contributed by atoms with Crippen LogP contribution in [-0.2, 0) is 4.79 Å². The molecule has 0 aliphatic heterocycles. The molecule has 0 rings (SSSR count). The van der Waals surface area contributed by atoms with Crippen molar-refractivity contribution in [1.82, 2.24) is 0 Å². The predicted molar refractivity (Wildman–Crippen MR) is 38.3 cm³/mol. The Morgan fingerprint density at radius 2 is 2.40 bits per heavy atom. The number of carboxylic acid groups (broad SMARTS) is 1. The second-order valence-electron chi connectivity index (χ2n) is 1.97. The van der Waals surface area contributed by atoms with Crippen LogP contribution in [0.1, 0.15) is 19.8 Å². The first-order chi connectivity index (χ1) is 4.66. The van der Waals surface area contributed by atoms with Crippen molar-refractivity contribution in [2.75, 3.05) is 0 Å². The molecule has 56 valence electrons. The van der Waals surface area contributed by atoms with Crippen LogP contribution in [0.2, 0.25) is 0 Å². The van der Waals surface area contributed by atoms with Crippen LogP contribution >= 0.6 is 0 Å². The number of nitrogens with two attached hydrogens (primary N) is 1. The lowest BCUT2D eigenvalue weighted by Gasteiger charge is -1.97. The fraction of sp³-hybridized carbons (Fsp3) is 0.571. The highest BCUT2D eigenvalue weighted by Gasteiger charge is 1.93. The maximum absolute atomic E-state index is 9.88. The zero-order chi connectivity index (χ0) is 7.98. The first-order valence-corrected chi connectivity index (χ1v) is 3.17. The molecule has 3 N–H and O–H groups in total. The lowest BCUT2D eigenvalue weighted by Crippen LogP contribution is -2.16. The van der Waals surface area contributed by atoms with Gasteiger partial charge in [-0.1, -0.05) is 19.3 Å². The Kier molecular flexibility index (Phi) is 4.34. The molecule has 0 bridgehead atoms. The van der Waals surface area contributed by atoms with Crippen LogP contribution in [0.5, 0.6) is 0 Å². The average molecular weight is 141 g/mol. The molecular formula is C7H11NO2. The summed E-state index contributed by atoms with van der Waals surface area (Å²) < 4.78 is 0. The second kappa shape index (κ2) is 4.83. The number of hydrogen-bond donors (Lipinski definition) is 2. The molecular weight excluding hydrogens is 130 g/mol. The van der Waals surface area contributed by atoms with Crippen LogP contribution in [0.25, 0.3) is 0 Å². The highest BCUT2D eigenvalue weighted by Crippen LogP contribution is 1.89. The van der Waals surface area contributed by atoms with E-state index < -0.39 is 5.97 Å². The fourth-order valence-corrected chi connectivity index (χ4v) is 0.538. The minimum absolute atomic E-state index is 0.291. The monoisotopic (exact) mass is 141 g/mol. The Balaban J connectivity index is 3.68. The Bertz CT molecular complexity index is 166. The molecule has 0 aromatic heterocycles. The quantitative estimate of drug-likeness (QED) is 0.540. The molecule has 0 aromatic rings. The molecule has 3 nitrogen and oxygen atoms in total. The van der Waals surface area contributed by atoms with E-state index in [0.717, 1.165) is 12.8 Å². The zero-order valence-electron chi connectivity index (χ0n) is 5.92. The first-order valence-electron chi connectivity index (χ1n) is 3.17. The first kappa shape index (κ1) is 8.99. The third-order valence-electron chi connectivity index (χ3n) is 0.964. The summed E-state index contributed by atoms with van der Waals surface area (Å²) in [6.07, 6.45) is 1.68. The van der Waals surface area contributed by atoms with Crippen molar-refractivity contribution in [2.24, 2.45) is 5.73 Å². The third kappa shape index (κ3) is 5.13. The molecule has 10 heavy (non-hydrogen) atoms. The van der Waals surface area contributed by atoms with E-state index in [0.29, 0.717) is 0 Å². The highest BCUT2D eigenvalue weighted by molar-refractivity contribution is 5.86. The molecule has 0 aliphatic rings. The van der Waals surface area contributed by atoms with E-state index in [1.165, 1.54) is 0 Å². The number of carboxylic acids is 1. The van der Waals surface area contributed by atoms with Gasteiger partial charge in [0.25, 0.3) is 0 Å². The van der Waals surface area contributed by atoms with E-state index in [2.05, 4.69) is 5.92 Å². The maximum atomic E-state index is 9.88. The SMILES string of the molecule is CCCC(N)C#CC(=O)O. The summed E-state index contributed by atoms with van der Waals surface area (Å²) in [4.78, 5) is 9.88. The van der Waals surface area contributed by atoms with Crippen molar-refractivity contribution in [3.05, 3.63) is 0 Å². The van der Waals surface area contributed by atoms with Gasteiger partial charge in [-0.15, -0.1) is 0 Å². The Hall–Kier alpha value is -1.01. The third-order valence-corrected chi connectivity index (χ3v) is 0.964. The van der Waals surface area contributed by atoms with Gasteiger partial charge in [-0.3, -0.25) is 0 Å². The normalized spacial score (nSPS) is 11.4. The van der Waals surface area contributed by atoms with Gasteiger partial charge in [-0.05, 0) is 6.42 Å². The van der Waals surface area contributed by atoms with Crippen LogP contribution in [-0.4, -0.2) is 17.1 Å². The largest absolute Gasteiger partial charge is 0.472 e.